The monoisotopic (exact) mass is 482 g/mol. The maximum Gasteiger partial charge on any atom is 0.241 e. The van der Waals surface area contributed by atoms with Crippen LogP contribution < -0.4 is 4.72 Å². The summed E-state index contributed by atoms with van der Waals surface area (Å²) in [7, 11) is -4.32. The lowest BCUT2D eigenvalue weighted by atomic mass is 10.0. The number of nitrogens with one attached hydrogen (secondary N) is 3. The van der Waals surface area contributed by atoms with Crippen molar-refractivity contribution in [1.29, 1.82) is 0 Å². The highest BCUT2D eigenvalue weighted by Crippen LogP contribution is 2.33. The van der Waals surface area contributed by atoms with Crippen LogP contribution in [0.1, 0.15) is 5.56 Å². The Morgan fingerprint density at radius 2 is 1.79 bits per heavy atom. The molecule has 3 heterocycles. The molecule has 4 N–H and O–H groups in total. The first kappa shape index (κ1) is 22.2. The average Bonchev–Trinajstić information content (AvgIpc) is 3.46. The number of hydrogen-bond donors (Lipinski definition) is 4. The van der Waals surface area contributed by atoms with Crippen LogP contribution in [0.3, 0.4) is 0 Å². The molecule has 0 aliphatic rings. The minimum absolute atomic E-state index is 0.186. The zero-order valence-electron chi connectivity index (χ0n) is 17.7. The molecule has 0 saturated carbocycles. The van der Waals surface area contributed by atoms with E-state index in [-0.39, 0.29) is 17.5 Å². The standard InChI is InChI=1S/C24H20F2N4O3S/c25-20-10-16(11-21(26)23(20)18-5-7-27-24-19(18)6-8-28-24)34(32,33)30-15(13-31)9-14-12-29-22-4-2-1-3-17(14)22/h1-8,10-12,15,29-31H,9,13H2,(H,27,28)/t15-/m1/s1. The van der Waals surface area contributed by atoms with E-state index in [2.05, 4.69) is 19.7 Å². The Labute approximate surface area is 193 Å². The molecule has 0 amide bonds. The number of benzene rings is 2. The molecule has 7 nitrogen and oxygen atoms in total. The Bertz CT molecular complexity index is 1590. The van der Waals surface area contributed by atoms with Crippen LogP contribution in [0, 0.1) is 11.6 Å². The molecule has 0 fully saturated rings. The van der Waals surface area contributed by atoms with Crippen LogP contribution in [0.15, 0.2) is 72.0 Å². The van der Waals surface area contributed by atoms with Crippen molar-refractivity contribution in [2.75, 3.05) is 6.61 Å². The van der Waals surface area contributed by atoms with Crippen LogP contribution in [0.4, 0.5) is 8.78 Å². The van der Waals surface area contributed by atoms with Gasteiger partial charge in [0.05, 0.1) is 17.1 Å². The van der Waals surface area contributed by atoms with Gasteiger partial charge >= 0.3 is 0 Å². The lowest BCUT2D eigenvalue weighted by molar-refractivity contribution is 0.256. The lowest BCUT2D eigenvalue weighted by Crippen LogP contribution is -2.39. The Morgan fingerprint density at radius 1 is 1.03 bits per heavy atom. The van der Waals surface area contributed by atoms with Crippen molar-refractivity contribution >= 4 is 32.0 Å². The molecule has 0 saturated heterocycles. The number of sulfonamides is 1. The molecule has 34 heavy (non-hydrogen) atoms. The van der Waals surface area contributed by atoms with Crippen LogP contribution in [0.5, 0.6) is 0 Å². The molecule has 0 radical (unpaired) electrons. The summed E-state index contributed by atoms with van der Waals surface area (Å²) in [5.41, 5.74) is 2.05. The normalized spacial score (nSPS) is 13.0. The van der Waals surface area contributed by atoms with E-state index in [9.17, 15) is 13.5 Å². The summed E-state index contributed by atoms with van der Waals surface area (Å²) >= 11 is 0. The summed E-state index contributed by atoms with van der Waals surface area (Å²) in [6.45, 7) is -0.496. The van der Waals surface area contributed by atoms with Crippen LogP contribution in [0.25, 0.3) is 33.1 Å². The van der Waals surface area contributed by atoms with Crippen LogP contribution in [0.2, 0.25) is 0 Å². The van der Waals surface area contributed by atoms with Crippen molar-refractivity contribution in [2.45, 2.75) is 17.4 Å². The molecule has 2 aromatic carbocycles. The molecule has 5 aromatic rings. The van der Waals surface area contributed by atoms with Gasteiger partial charge in [0, 0.05) is 46.5 Å². The predicted molar refractivity (Wildman–Crippen MR) is 125 cm³/mol. The molecule has 0 unspecified atom stereocenters. The van der Waals surface area contributed by atoms with Crippen LogP contribution in [-0.4, -0.2) is 41.1 Å². The predicted octanol–water partition coefficient (Wildman–Crippen LogP) is 3.87. The smallest absolute Gasteiger partial charge is 0.241 e. The summed E-state index contributed by atoms with van der Waals surface area (Å²) in [5.74, 6) is -2.04. The number of halogens is 2. The Balaban J connectivity index is 1.45. The van der Waals surface area contributed by atoms with E-state index in [1.165, 1.54) is 12.3 Å². The maximum absolute atomic E-state index is 15.0. The van der Waals surface area contributed by atoms with Crippen molar-refractivity contribution in [3.63, 3.8) is 0 Å². The minimum Gasteiger partial charge on any atom is -0.395 e. The van der Waals surface area contributed by atoms with Crippen molar-refractivity contribution < 1.29 is 22.3 Å². The fourth-order valence-electron chi connectivity index (χ4n) is 4.14. The number of H-pyrrole nitrogens is 2. The molecule has 5 rings (SSSR count). The third-order valence-electron chi connectivity index (χ3n) is 5.74. The molecule has 174 valence electrons. The summed E-state index contributed by atoms with van der Waals surface area (Å²) in [6.07, 6.45) is 4.94. The van der Waals surface area contributed by atoms with E-state index in [0.29, 0.717) is 11.0 Å². The van der Waals surface area contributed by atoms with E-state index in [1.54, 1.807) is 18.5 Å². The highest BCUT2D eigenvalue weighted by molar-refractivity contribution is 7.89. The van der Waals surface area contributed by atoms with E-state index in [1.807, 2.05) is 24.3 Å². The minimum atomic E-state index is -4.32. The summed E-state index contributed by atoms with van der Waals surface area (Å²) < 4.78 is 58.3. The second-order valence-corrected chi connectivity index (χ2v) is 9.64. The van der Waals surface area contributed by atoms with Gasteiger partial charge in [0.2, 0.25) is 10.0 Å². The number of para-hydroxylation sites is 1. The average molecular weight is 483 g/mol. The molecule has 10 heteroatoms. The molecule has 0 spiro atoms. The highest BCUT2D eigenvalue weighted by atomic mass is 32.2. The first-order valence-corrected chi connectivity index (χ1v) is 12.0. The first-order valence-electron chi connectivity index (χ1n) is 10.5. The fraction of sp³-hybridized carbons (Fsp3) is 0.125. The number of rotatable bonds is 7. The van der Waals surface area contributed by atoms with Gasteiger partial charge in [-0.05, 0) is 42.3 Å². The van der Waals surface area contributed by atoms with Gasteiger partial charge in [0.1, 0.15) is 17.3 Å². The largest absolute Gasteiger partial charge is 0.395 e. The molecule has 0 bridgehead atoms. The molecule has 1 atom stereocenters. The van der Waals surface area contributed by atoms with Crippen molar-refractivity contribution in [3.05, 3.63) is 84.3 Å². The molecule has 3 aromatic heterocycles. The van der Waals surface area contributed by atoms with Gasteiger partial charge in [-0.15, -0.1) is 0 Å². The molecule has 0 aliphatic carbocycles. The van der Waals surface area contributed by atoms with E-state index in [0.717, 1.165) is 28.6 Å². The molecule has 0 aliphatic heterocycles. The maximum atomic E-state index is 15.0. The lowest BCUT2D eigenvalue weighted by Gasteiger charge is -2.17. The third kappa shape index (κ3) is 3.96. The number of aliphatic hydroxyl groups is 1. The Hall–Kier alpha value is -3.60. The highest BCUT2D eigenvalue weighted by Gasteiger charge is 2.25. The second kappa shape index (κ2) is 8.64. The van der Waals surface area contributed by atoms with E-state index in [4.69, 9.17) is 0 Å². The van der Waals surface area contributed by atoms with Gasteiger partial charge in [-0.25, -0.2) is 26.9 Å². The first-order chi connectivity index (χ1) is 16.4. The number of aromatic amines is 2. The van der Waals surface area contributed by atoms with Gasteiger partial charge < -0.3 is 15.1 Å². The zero-order chi connectivity index (χ0) is 23.9. The summed E-state index contributed by atoms with van der Waals surface area (Å²) in [6, 6.07) is 11.3. The van der Waals surface area contributed by atoms with Gasteiger partial charge in [-0.3, -0.25) is 0 Å². The molecular weight excluding hydrogens is 462 g/mol. The second-order valence-electron chi connectivity index (χ2n) is 7.92. The topological polar surface area (TPSA) is 111 Å². The van der Waals surface area contributed by atoms with Crippen LogP contribution >= 0.6 is 0 Å². The number of hydrogen-bond acceptors (Lipinski definition) is 4. The summed E-state index contributed by atoms with van der Waals surface area (Å²) in [5, 5.41) is 11.2. The van der Waals surface area contributed by atoms with Crippen molar-refractivity contribution in [3.8, 4) is 11.1 Å². The summed E-state index contributed by atoms with van der Waals surface area (Å²) in [4.78, 5) is 9.50. The third-order valence-corrected chi connectivity index (χ3v) is 7.24. The number of nitrogens with zero attached hydrogens (tertiary/aromatic N) is 1. The van der Waals surface area contributed by atoms with Gasteiger partial charge in [-0.1, -0.05) is 18.2 Å². The number of aliphatic hydroxyl groups excluding tert-OH is 1. The number of fused-ring (bicyclic) bond motifs is 2. The van der Waals surface area contributed by atoms with Gasteiger partial charge in [0.25, 0.3) is 0 Å². The SMILES string of the molecule is O=S(=O)(N[C@@H](CO)Cc1c[nH]c2ccccc12)c1cc(F)c(-c2ccnc3[nH]ccc23)c(F)c1. The zero-order valence-corrected chi connectivity index (χ0v) is 18.5. The van der Waals surface area contributed by atoms with E-state index < -0.39 is 39.2 Å². The Kier molecular flexibility index (Phi) is 5.64. The van der Waals surface area contributed by atoms with Crippen molar-refractivity contribution in [2.24, 2.45) is 0 Å². The molecular formula is C24H20F2N4O3S. The number of pyridine rings is 1. The van der Waals surface area contributed by atoms with Crippen LogP contribution in [-0.2, 0) is 16.4 Å². The van der Waals surface area contributed by atoms with Gasteiger partial charge in [0.15, 0.2) is 0 Å². The quantitative estimate of drug-likeness (QED) is 0.282. The number of aromatic nitrogens is 3. The van der Waals surface area contributed by atoms with E-state index >= 15 is 8.78 Å². The van der Waals surface area contributed by atoms with Gasteiger partial charge in [-0.2, -0.15) is 0 Å². The van der Waals surface area contributed by atoms with Crippen molar-refractivity contribution in [1.82, 2.24) is 19.7 Å². The fourth-order valence-corrected chi connectivity index (χ4v) is 5.39. The Morgan fingerprint density at radius 3 is 2.56 bits per heavy atom.